The van der Waals surface area contributed by atoms with Gasteiger partial charge >= 0.3 is 0 Å². The molecule has 1 saturated heterocycles. The van der Waals surface area contributed by atoms with Crippen molar-refractivity contribution in [2.75, 3.05) is 50.1 Å². The highest BCUT2D eigenvalue weighted by molar-refractivity contribution is 5.56. The highest BCUT2D eigenvalue weighted by Gasteiger charge is 2.21. The molecule has 0 aromatic carbocycles. The standard InChI is InChI=1S/C24H33N7/c1-28-12-14-30(15-13-28)24-9-5-8-23-27-20(21(16-25)31(23)24)17-29(2)22-11-10-18-6-3-4-7-19(18)26-22/h5,8-11H,3-4,6-7,12-17,25H2,1-2H3. The highest BCUT2D eigenvalue weighted by Crippen LogP contribution is 2.26. The summed E-state index contributed by atoms with van der Waals surface area (Å²) >= 11 is 0. The summed E-state index contributed by atoms with van der Waals surface area (Å²) in [4.78, 5) is 17.0. The predicted molar refractivity (Wildman–Crippen MR) is 126 cm³/mol. The minimum atomic E-state index is 0.465. The summed E-state index contributed by atoms with van der Waals surface area (Å²) in [7, 11) is 4.28. The Hall–Kier alpha value is -2.64. The molecule has 31 heavy (non-hydrogen) atoms. The first-order valence-electron chi connectivity index (χ1n) is 11.5. The van der Waals surface area contributed by atoms with E-state index < -0.39 is 0 Å². The number of aryl methyl sites for hydroxylation is 2. The smallest absolute Gasteiger partial charge is 0.138 e. The van der Waals surface area contributed by atoms with Crippen LogP contribution in [-0.2, 0) is 25.9 Å². The quantitative estimate of drug-likeness (QED) is 0.685. The number of nitrogens with two attached hydrogens (primary N) is 1. The van der Waals surface area contributed by atoms with Gasteiger partial charge in [0, 0.05) is 45.5 Å². The van der Waals surface area contributed by atoms with Crippen molar-refractivity contribution in [2.24, 2.45) is 5.73 Å². The van der Waals surface area contributed by atoms with E-state index in [1.165, 1.54) is 29.9 Å². The zero-order chi connectivity index (χ0) is 21.4. The average Bonchev–Trinajstić information content (AvgIpc) is 3.16. The van der Waals surface area contributed by atoms with Crippen molar-refractivity contribution in [1.82, 2.24) is 19.3 Å². The van der Waals surface area contributed by atoms with E-state index in [0.29, 0.717) is 13.1 Å². The molecular formula is C24H33N7. The van der Waals surface area contributed by atoms with Gasteiger partial charge in [-0.25, -0.2) is 9.97 Å². The van der Waals surface area contributed by atoms with Gasteiger partial charge in [-0.3, -0.25) is 4.40 Å². The monoisotopic (exact) mass is 419 g/mol. The first kappa shape index (κ1) is 20.3. The summed E-state index contributed by atoms with van der Waals surface area (Å²) in [5, 5.41) is 0. The number of anilines is 2. The van der Waals surface area contributed by atoms with Crippen molar-refractivity contribution in [2.45, 2.75) is 38.8 Å². The lowest BCUT2D eigenvalue weighted by Crippen LogP contribution is -2.45. The first-order chi connectivity index (χ1) is 15.1. The van der Waals surface area contributed by atoms with E-state index in [-0.39, 0.29) is 0 Å². The second kappa shape index (κ2) is 8.48. The van der Waals surface area contributed by atoms with E-state index in [0.717, 1.165) is 61.9 Å². The molecule has 0 spiro atoms. The largest absolute Gasteiger partial charge is 0.355 e. The minimum Gasteiger partial charge on any atom is -0.355 e. The van der Waals surface area contributed by atoms with Gasteiger partial charge in [0.2, 0.25) is 0 Å². The van der Waals surface area contributed by atoms with Crippen LogP contribution in [0.3, 0.4) is 0 Å². The van der Waals surface area contributed by atoms with Gasteiger partial charge in [0.25, 0.3) is 0 Å². The van der Waals surface area contributed by atoms with Crippen LogP contribution in [0.2, 0.25) is 0 Å². The van der Waals surface area contributed by atoms with Crippen molar-refractivity contribution >= 4 is 17.3 Å². The molecule has 7 heteroatoms. The second-order valence-electron chi connectivity index (χ2n) is 8.92. The fourth-order valence-corrected chi connectivity index (χ4v) is 4.89. The van der Waals surface area contributed by atoms with Crippen LogP contribution in [-0.4, -0.2) is 59.5 Å². The van der Waals surface area contributed by atoms with Crippen LogP contribution in [0.15, 0.2) is 30.3 Å². The maximum atomic E-state index is 6.27. The topological polar surface area (TPSA) is 65.9 Å². The molecule has 5 rings (SSSR count). The Labute approximate surface area is 184 Å². The van der Waals surface area contributed by atoms with Crippen molar-refractivity contribution in [3.8, 4) is 0 Å². The summed E-state index contributed by atoms with van der Waals surface area (Å²) in [6.07, 6.45) is 4.77. The summed E-state index contributed by atoms with van der Waals surface area (Å²) in [6, 6.07) is 10.8. The summed E-state index contributed by atoms with van der Waals surface area (Å²) in [6.45, 7) is 5.35. The number of pyridine rings is 2. The molecule has 2 N–H and O–H groups in total. The number of nitrogens with zero attached hydrogens (tertiary/aromatic N) is 6. The molecule has 2 aliphatic rings. The predicted octanol–water partition coefficient (Wildman–Crippen LogP) is 2.46. The average molecular weight is 420 g/mol. The molecule has 3 aromatic heterocycles. The van der Waals surface area contributed by atoms with Gasteiger partial charge in [-0.05, 0) is 56.5 Å². The number of rotatable bonds is 5. The van der Waals surface area contributed by atoms with Crippen LogP contribution in [0.1, 0.15) is 35.5 Å². The third-order valence-electron chi connectivity index (χ3n) is 6.76. The van der Waals surface area contributed by atoms with E-state index in [1.54, 1.807) is 0 Å². The molecule has 164 valence electrons. The lowest BCUT2D eigenvalue weighted by atomic mass is 9.96. The van der Waals surface area contributed by atoms with Gasteiger partial charge in [-0.1, -0.05) is 12.1 Å². The Morgan fingerprint density at radius 3 is 2.61 bits per heavy atom. The summed E-state index contributed by atoms with van der Waals surface area (Å²) < 4.78 is 2.26. The number of fused-ring (bicyclic) bond motifs is 2. The Balaban J connectivity index is 1.45. The van der Waals surface area contributed by atoms with E-state index in [2.05, 4.69) is 63.5 Å². The molecule has 0 amide bonds. The molecule has 0 radical (unpaired) electrons. The van der Waals surface area contributed by atoms with E-state index in [4.69, 9.17) is 15.7 Å². The Bertz CT molecular complexity index is 1070. The van der Waals surface area contributed by atoms with Crippen LogP contribution in [0.4, 0.5) is 11.6 Å². The first-order valence-corrected chi connectivity index (χ1v) is 11.5. The molecule has 0 bridgehead atoms. The third-order valence-corrected chi connectivity index (χ3v) is 6.76. The molecule has 1 aliphatic carbocycles. The molecule has 4 heterocycles. The molecule has 1 aliphatic heterocycles. The van der Waals surface area contributed by atoms with Gasteiger partial charge in [-0.2, -0.15) is 0 Å². The number of hydrogen-bond acceptors (Lipinski definition) is 6. The molecule has 0 saturated carbocycles. The van der Waals surface area contributed by atoms with Crippen LogP contribution >= 0.6 is 0 Å². The molecule has 7 nitrogen and oxygen atoms in total. The normalized spacial score (nSPS) is 17.2. The van der Waals surface area contributed by atoms with Crippen molar-refractivity contribution in [3.63, 3.8) is 0 Å². The molecule has 0 atom stereocenters. The van der Waals surface area contributed by atoms with Gasteiger partial charge in [-0.15, -0.1) is 0 Å². The minimum absolute atomic E-state index is 0.465. The van der Waals surface area contributed by atoms with Gasteiger partial charge in [0.1, 0.15) is 17.3 Å². The molecule has 1 fully saturated rings. The fourth-order valence-electron chi connectivity index (χ4n) is 4.89. The maximum Gasteiger partial charge on any atom is 0.138 e. The Morgan fingerprint density at radius 2 is 1.81 bits per heavy atom. The lowest BCUT2D eigenvalue weighted by Gasteiger charge is -2.34. The van der Waals surface area contributed by atoms with Crippen LogP contribution in [0, 0.1) is 0 Å². The zero-order valence-electron chi connectivity index (χ0n) is 18.7. The maximum absolute atomic E-state index is 6.27. The van der Waals surface area contributed by atoms with Crippen molar-refractivity contribution in [1.29, 1.82) is 0 Å². The van der Waals surface area contributed by atoms with E-state index in [1.807, 2.05) is 0 Å². The molecule has 0 unspecified atom stereocenters. The van der Waals surface area contributed by atoms with Gasteiger partial charge < -0.3 is 20.4 Å². The fraction of sp³-hybridized carbons (Fsp3) is 0.500. The van der Waals surface area contributed by atoms with Crippen LogP contribution in [0.5, 0.6) is 0 Å². The zero-order valence-corrected chi connectivity index (χ0v) is 18.7. The van der Waals surface area contributed by atoms with Crippen molar-refractivity contribution in [3.05, 3.63) is 53.0 Å². The highest BCUT2D eigenvalue weighted by atomic mass is 15.3. The van der Waals surface area contributed by atoms with E-state index in [9.17, 15) is 0 Å². The number of piperazine rings is 1. The Morgan fingerprint density at radius 1 is 1.00 bits per heavy atom. The number of likely N-dealkylation sites (N-methyl/N-ethyl adjacent to an activating group) is 1. The summed E-state index contributed by atoms with van der Waals surface area (Å²) in [5.41, 5.74) is 12.0. The van der Waals surface area contributed by atoms with Crippen LogP contribution < -0.4 is 15.5 Å². The summed E-state index contributed by atoms with van der Waals surface area (Å²) in [5.74, 6) is 2.21. The SMILES string of the molecule is CN1CCN(c2cccc3nc(CN(C)c4ccc5c(n4)CCCC5)c(CN)n23)CC1. The van der Waals surface area contributed by atoms with Crippen molar-refractivity contribution < 1.29 is 0 Å². The number of aromatic nitrogens is 3. The van der Waals surface area contributed by atoms with Gasteiger partial charge in [0.05, 0.1) is 17.9 Å². The molecular weight excluding hydrogens is 386 g/mol. The number of hydrogen-bond donors (Lipinski definition) is 1. The van der Waals surface area contributed by atoms with E-state index >= 15 is 0 Å². The van der Waals surface area contributed by atoms with Crippen LogP contribution in [0.25, 0.3) is 5.65 Å². The Kier molecular flexibility index (Phi) is 5.54. The van der Waals surface area contributed by atoms with Gasteiger partial charge in [0.15, 0.2) is 0 Å². The second-order valence-corrected chi connectivity index (χ2v) is 8.92. The number of imidazole rings is 1. The third kappa shape index (κ3) is 3.88. The molecule has 3 aromatic rings. The lowest BCUT2D eigenvalue weighted by molar-refractivity contribution is 0.311.